The maximum absolute atomic E-state index is 12.2. The van der Waals surface area contributed by atoms with Crippen molar-refractivity contribution in [1.29, 1.82) is 0 Å². The summed E-state index contributed by atoms with van der Waals surface area (Å²) in [4.78, 5) is 17.0. The predicted molar refractivity (Wildman–Crippen MR) is 112 cm³/mol. The predicted octanol–water partition coefficient (Wildman–Crippen LogP) is 3.51. The number of aryl methyl sites for hydroxylation is 1. The molecule has 0 unspecified atom stereocenters. The molecule has 0 aliphatic carbocycles. The molecule has 1 heterocycles. The van der Waals surface area contributed by atoms with E-state index in [4.69, 9.17) is 21.2 Å². The Labute approximate surface area is 173 Å². The summed E-state index contributed by atoms with van der Waals surface area (Å²) in [5.41, 5.74) is 3.53. The van der Waals surface area contributed by atoms with Crippen LogP contribution in [-0.4, -0.2) is 35.6 Å². The molecule has 1 N–H and O–H groups in total. The van der Waals surface area contributed by atoms with Crippen LogP contribution >= 0.6 is 11.6 Å². The van der Waals surface area contributed by atoms with Crippen molar-refractivity contribution >= 4 is 23.2 Å². The normalized spacial score (nSPS) is 11.2. The van der Waals surface area contributed by atoms with Crippen molar-refractivity contribution in [3.63, 3.8) is 0 Å². The summed E-state index contributed by atoms with van der Waals surface area (Å²) in [5, 5.41) is 11.5. The number of hydrogen-bond donors (Lipinski definition) is 1. The Hall–Kier alpha value is -3.32. The van der Waals surface area contributed by atoms with Gasteiger partial charge in [0, 0.05) is 17.6 Å². The first-order chi connectivity index (χ1) is 14.0. The third kappa shape index (κ3) is 4.75. The first kappa shape index (κ1) is 20.4. The number of hydrogen-bond acceptors (Lipinski definition) is 5. The molecule has 0 fully saturated rings. The van der Waals surface area contributed by atoms with Gasteiger partial charge in [0.05, 0.1) is 18.1 Å². The quantitative estimate of drug-likeness (QED) is 0.476. The minimum Gasteiger partial charge on any atom is -0.486 e. The lowest BCUT2D eigenvalue weighted by atomic mass is 10.0. The van der Waals surface area contributed by atoms with Gasteiger partial charge in [0.25, 0.3) is 5.91 Å². The van der Waals surface area contributed by atoms with E-state index in [-0.39, 0.29) is 18.2 Å². The fourth-order valence-corrected chi connectivity index (χ4v) is 3.08. The maximum atomic E-state index is 12.2. The molecule has 1 amide bonds. The first-order valence-electron chi connectivity index (χ1n) is 8.89. The summed E-state index contributed by atoms with van der Waals surface area (Å²) < 4.78 is 7.63. The number of amides is 1. The molecule has 0 saturated heterocycles. The van der Waals surface area contributed by atoms with Gasteiger partial charge in [-0.25, -0.2) is 4.68 Å². The van der Waals surface area contributed by atoms with Gasteiger partial charge in [-0.2, -0.15) is 5.10 Å². The van der Waals surface area contributed by atoms with Crippen molar-refractivity contribution in [3.8, 4) is 11.4 Å². The number of nitrogens with one attached hydrogen (secondary N) is 1. The van der Waals surface area contributed by atoms with E-state index in [0.717, 1.165) is 16.8 Å². The highest BCUT2D eigenvalue weighted by Crippen LogP contribution is 2.21. The van der Waals surface area contributed by atoms with Crippen LogP contribution in [0.15, 0.2) is 60.0 Å². The third-order valence-corrected chi connectivity index (χ3v) is 4.49. The van der Waals surface area contributed by atoms with Crippen molar-refractivity contribution in [1.82, 2.24) is 15.1 Å². The van der Waals surface area contributed by atoms with Gasteiger partial charge in [-0.3, -0.25) is 4.79 Å². The molecule has 150 valence electrons. The molecule has 8 heteroatoms. The number of nitrogens with zero attached hydrogens (tertiary/aromatic N) is 3. The molecule has 0 bridgehead atoms. The fraction of sp³-hybridized carbons (Fsp3) is 0.190. The molecule has 0 aliphatic rings. The Balaban J connectivity index is 1.80. The Morgan fingerprint density at radius 3 is 2.79 bits per heavy atom. The number of ether oxygens (including phenoxy) is 1. The zero-order chi connectivity index (χ0) is 20.8. The van der Waals surface area contributed by atoms with E-state index in [0.29, 0.717) is 16.3 Å². The second kappa shape index (κ2) is 9.25. The van der Waals surface area contributed by atoms with Crippen molar-refractivity contribution in [3.05, 3.63) is 76.6 Å². The van der Waals surface area contributed by atoms with E-state index in [2.05, 4.69) is 15.6 Å². The lowest BCUT2D eigenvalue weighted by molar-refractivity contribution is -0.114. The molecule has 7 nitrogen and oxygen atoms in total. The minimum absolute atomic E-state index is 0.182. The van der Waals surface area contributed by atoms with Crippen LogP contribution < -0.4 is 10.1 Å². The van der Waals surface area contributed by atoms with Crippen molar-refractivity contribution in [2.45, 2.75) is 13.5 Å². The lowest BCUT2D eigenvalue weighted by Gasteiger charge is -2.11. The number of aromatic nitrogens is 2. The van der Waals surface area contributed by atoms with Crippen molar-refractivity contribution in [2.75, 3.05) is 14.2 Å². The van der Waals surface area contributed by atoms with Crippen molar-refractivity contribution in [2.24, 2.45) is 5.16 Å². The summed E-state index contributed by atoms with van der Waals surface area (Å²) in [5.74, 6) is 0.254. The van der Waals surface area contributed by atoms with Gasteiger partial charge in [-0.15, -0.1) is 0 Å². The Kier molecular flexibility index (Phi) is 6.51. The smallest absolute Gasteiger partial charge is 0.273 e. The van der Waals surface area contributed by atoms with E-state index in [1.54, 1.807) is 30.2 Å². The fourth-order valence-electron chi connectivity index (χ4n) is 2.85. The Morgan fingerprint density at radius 1 is 1.28 bits per heavy atom. The number of oxime groups is 1. The minimum atomic E-state index is -0.342. The molecule has 3 rings (SSSR count). The molecular formula is C21H21ClN4O3. The number of halogens is 1. The molecule has 0 radical (unpaired) electrons. The first-order valence-corrected chi connectivity index (χ1v) is 9.26. The third-order valence-electron chi connectivity index (χ3n) is 4.26. The number of carbonyl (C=O) groups excluding carboxylic acids is 1. The summed E-state index contributed by atoms with van der Waals surface area (Å²) >= 11 is 6.02. The van der Waals surface area contributed by atoms with Crippen LogP contribution in [0, 0.1) is 6.92 Å². The zero-order valence-electron chi connectivity index (χ0n) is 16.3. The second-order valence-electron chi connectivity index (χ2n) is 6.20. The molecule has 3 aromatic rings. The second-order valence-corrected chi connectivity index (χ2v) is 6.64. The summed E-state index contributed by atoms with van der Waals surface area (Å²) in [6.07, 6.45) is 3.43. The summed E-state index contributed by atoms with van der Waals surface area (Å²) in [6, 6.07) is 13.0. The zero-order valence-corrected chi connectivity index (χ0v) is 17.1. The topological polar surface area (TPSA) is 77.7 Å². The largest absolute Gasteiger partial charge is 0.486 e. The molecular weight excluding hydrogens is 392 g/mol. The van der Waals surface area contributed by atoms with E-state index in [1.165, 1.54) is 7.11 Å². The van der Waals surface area contributed by atoms with Crippen LogP contribution in [-0.2, 0) is 16.2 Å². The number of benzene rings is 2. The van der Waals surface area contributed by atoms with Gasteiger partial charge in [-0.1, -0.05) is 41.0 Å². The average Bonchev–Trinajstić information content (AvgIpc) is 3.19. The molecule has 0 saturated carbocycles. The van der Waals surface area contributed by atoms with Crippen LogP contribution in [0.5, 0.6) is 5.75 Å². The van der Waals surface area contributed by atoms with Crippen molar-refractivity contribution < 1.29 is 14.4 Å². The Bertz CT molecular complexity index is 1050. The van der Waals surface area contributed by atoms with Crippen LogP contribution in [0.2, 0.25) is 5.02 Å². The van der Waals surface area contributed by atoms with Gasteiger partial charge < -0.3 is 14.9 Å². The number of likely N-dealkylation sites (N-methyl/N-ethyl adjacent to an activating group) is 1. The molecule has 1 aromatic heterocycles. The van der Waals surface area contributed by atoms with Gasteiger partial charge in [-0.05, 0) is 36.2 Å². The van der Waals surface area contributed by atoms with Crippen LogP contribution in [0.4, 0.5) is 0 Å². The standard InChI is InChI=1S/C21H21ClN4O3/c1-14-10-16(22)8-9-19(14)26-12-17(11-24-26)29-13-15-6-4-5-7-18(15)20(25-28-3)21(27)23-2/h4-12H,13H2,1-3H3,(H,23,27)/b25-20+. The highest BCUT2D eigenvalue weighted by Gasteiger charge is 2.17. The molecule has 0 aliphatic heterocycles. The van der Waals surface area contributed by atoms with E-state index >= 15 is 0 Å². The van der Waals surface area contributed by atoms with E-state index in [1.807, 2.05) is 43.3 Å². The van der Waals surface area contributed by atoms with Gasteiger partial charge in [0.2, 0.25) is 0 Å². The van der Waals surface area contributed by atoms with Gasteiger partial charge in [0.15, 0.2) is 11.5 Å². The van der Waals surface area contributed by atoms with E-state index in [9.17, 15) is 4.79 Å². The molecule has 0 atom stereocenters. The lowest BCUT2D eigenvalue weighted by Crippen LogP contribution is -2.29. The number of rotatable bonds is 7. The SMILES string of the molecule is CNC(=O)/C(=N/OC)c1ccccc1COc1cnn(-c2ccc(Cl)cc2C)c1. The highest BCUT2D eigenvalue weighted by molar-refractivity contribution is 6.45. The van der Waals surface area contributed by atoms with Gasteiger partial charge >= 0.3 is 0 Å². The molecule has 2 aromatic carbocycles. The Morgan fingerprint density at radius 2 is 2.07 bits per heavy atom. The molecule has 0 spiro atoms. The average molecular weight is 413 g/mol. The summed E-state index contributed by atoms with van der Waals surface area (Å²) in [6.45, 7) is 2.20. The monoisotopic (exact) mass is 412 g/mol. The van der Waals surface area contributed by atoms with Gasteiger partial charge in [0.1, 0.15) is 13.7 Å². The van der Waals surface area contributed by atoms with Crippen LogP contribution in [0.25, 0.3) is 5.69 Å². The maximum Gasteiger partial charge on any atom is 0.273 e. The van der Waals surface area contributed by atoms with Crippen LogP contribution in [0.3, 0.4) is 0 Å². The highest BCUT2D eigenvalue weighted by atomic mass is 35.5. The molecule has 29 heavy (non-hydrogen) atoms. The van der Waals surface area contributed by atoms with Crippen LogP contribution in [0.1, 0.15) is 16.7 Å². The van der Waals surface area contributed by atoms with E-state index < -0.39 is 0 Å². The summed E-state index contributed by atoms with van der Waals surface area (Å²) in [7, 11) is 2.94. The number of carbonyl (C=O) groups is 1.